The van der Waals surface area contributed by atoms with Gasteiger partial charge in [-0.15, -0.1) is 4.40 Å². The molecule has 0 bridgehead atoms. The van der Waals surface area contributed by atoms with Crippen molar-refractivity contribution >= 4 is 38.4 Å². The average Bonchev–Trinajstić information content (AvgIpc) is 2.34. The number of hydrogen-bond acceptors (Lipinski definition) is 5. The van der Waals surface area contributed by atoms with Crippen molar-refractivity contribution in [3.05, 3.63) is 23.8 Å². The van der Waals surface area contributed by atoms with Crippen molar-refractivity contribution in [2.75, 3.05) is 11.1 Å². The van der Waals surface area contributed by atoms with Gasteiger partial charge in [0.25, 0.3) is 10.0 Å². The van der Waals surface area contributed by atoms with Gasteiger partial charge in [-0.3, -0.25) is 4.79 Å². The maximum absolute atomic E-state index is 12.3. The third kappa shape index (κ3) is 3.65. The number of fused-ring (bicyclic) bond motifs is 1. The van der Waals surface area contributed by atoms with Crippen molar-refractivity contribution in [3.63, 3.8) is 0 Å². The van der Waals surface area contributed by atoms with Crippen molar-refractivity contribution in [1.82, 2.24) is 0 Å². The first-order chi connectivity index (χ1) is 9.59. The van der Waals surface area contributed by atoms with Gasteiger partial charge in [-0.05, 0) is 30.0 Å². The van der Waals surface area contributed by atoms with Gasteiger partial charge in [0.2, 0.25) is 0 Å². The van der Waals surface area contributed by atoms with Crippen LogP contribution in [0.15, 0.2) is 27.5 Å². The van der Waals surface area contributed by atoms with E-state index in [9.17, 15) is 13.2 Å². The Balaban J connectivity index is 2.40. The minimum Gasteiger partial charge on any atom is -0.333 e. The van der Waals surface area contributed by atoms with Gasteiger partial charge in [-0.1, -0.05) is 38.6 Å². The van der Waals surface area contributed by atoms with Crippen LogP contribution < -0.4 is 5.32 Å². The quantitative estimate of drug-likeness (QED) is 0.904. The van der Waals surface area contributed by atoms with Gasteiger partial charge in [0, 0.05) is 0 Å². The highest BCUT2D eigenvalue weighted by atomic mass is 32.2. The Labute approximate surface area is 129 Å². The van der Waals surface area contributed by atoms with Crippen molar-refractivity contribution in [2.45, 2.75) is 38.0 Å². The van der Waals surface area contributed by atoms with Gasteiger partial charge < -0.3 is 5.32 Å². The van der Waals surface area contributed by atoms with E-state index in [-0.39, 0.29) is 27.0 Å². The van der Waals surface area contributed by atoms with E-state index in [4.69, 9.17) is 0 Å². The van der Waals surface area contributed by atoms with E-state index in [2.05, 4.69) is 9.71 Å². The topological polar surface area (TPSA) is 75.6 Å². The summed E-state index contributed by atoms with van der Waals surface area (Å²) >= 11 is 1.09. The van der Waals surface area contributed by atoms with E-state index >= 15 is 0 Å². The van der Waals surface area contributed by atoms with Crippen LogP contribution in [-0.4, -0.2) is 25.1 Å². The number of Topliss-reactive ketones (excluding diaryl/α,β-unsaturated/α-hetero) is 1. The van der Waals surface area contributed by atoms with Gasteiger partial charge in [-0.25, -0.2) is 0 Å². The van der Waals surface area contributed by atoms with Crippen LogP contribution in [0.25, 0.3) is 0 Å². The third-order valence-electron chi connectivity index (χ3n) is 2.98. The second kappa shape index (κ2) is 5.46. The Bertz CT molecular complexity index is 716. The highest BCUT2D eigenvalue weighted by Gasteiger charge is 2.27. The number of ketones is 1. The smallest absolute Gasteiger partial charge is 0.286 e. The van der Waals surface area contributed by atoms with E-state index in [1.54, 1.807) is 12.1 Å². The lowest BCUT2D eigenvalue weighted by Gasteiger charge is -2.23. The number of rotatable bonds is 2. The lowest BCUT2D eigenvalue weighted by atomic mass is 9.87. The number of hydrogen-bond donors (Lipinski definition) is 1. The van der Waals surface area contributed by atoms with Crippen LogP contribution >= 0.6 is 11.8 Å². The number of nitrogens with one attached hydrogen (secondary N) is 1. The van der Waals surface area contributed by atoms with Crippen LogP contribution in [0.2, 0.25) is 0 Å². The number of sulfonamides is 1. The summed E-state index contributed by atoms with van der Waals surface area (Å²) < 4.78 is 28.3. The van der Waals surface area contributed by atoms with Crippen LogP contribution in [0, 0.1) is 0 Å². The third-order valence-corrected chi connectivity index (χ3v) is 5.43. The predicted octanol–water partition coefficient (Wildman–Crippen LogP) is 2.78. The Kier molecular flexibility index (Phi) is 4.17. The molecule has 2 rings (SSSR count). The summed E-state index contributed by atoms with van der Waals surface area (Å²) in [5.74, 6) is 0.160. The molecule has 0 fully saturated rings. The predicted molar refractivity (Wildman–Crippen MR) is 86.5 cm³/mol. The van der Waals surface area contributed by atoms with Crippen LogP contribution in [0.5, 0.6) is 0 Å². The first-order valence-corrected chi connectivity index (χ1v) is 8.91. The number of anilines is 1. The number of nitrogens with zero attached hydrogens (tertiary/aromatic N) is 1. The minimum atomic E-state index is -3.73. The zero-order chi connectivity index (χ0) is 15.8. The van der Waals surface area contributed by atoms with Crippen molar-refractivity contribution in [1.29, 1.82) is 0 Å². The maximum atomic E-state index is 12.3. The molecule has 0 radical (unpaired) electrons. The molecule has 0 amide bonds. The summed E-state index contributed by atoms with van der Waals surface area (Å²) in [6.07, 6.45) is 0. The van der Waals surface area contributed by atoms with Crippen LogP contribution in [0.4, 0.5) is 5.69 Å². The molecule has 1 N–H and O–H groups in total. The normalized spacial score (nSPS) is 16.7. The number of carbonyl (C=O) groups is 1. The fourth-order valence-corrected chi connectivity index (χ4v) is 3.90. The summed E-state index contributed by atoms with van der Waals surface area (Å²) in [6.45, 7) is 7.52. The van der Waals surface area contributed by atoms with E-state index < -0.39 is 10.0 Å². The molecule has 1 aromatic rings. The van der Waals surface area contributed by atoms with Crippen molar-refractivity contribution in [3.8, 4) is 0 Å². The highest BCUT2D eigenvalue weighted by molar-refractivity contribution is 8.15. The first kappa shape index (κ1) is 16.0. The summed E-state index contributed by atoms with van der Waals surface area (Å²) in [6, 6.07) is 5.31. The lowest BCUT2D eigenvalue weighted by molar-refractivity contribution is -0.114. The van der Waals surface area contributed by atoms with E-state index in [0.717, 1.165) is 17.3 Å². The molecule has 21 heavy (non-hydrogen) atoms. The maximum Gasteiger partial charge on any atom is 0.286 e. The average molecular weight is 326 g/mol. The number of thioether (sulfide) groups is 1. The largest absolute Gasteiger partial charge is 0.333 e. The molecule has 0 atom stereocenters. The number of amidine groups is 1. The molecule has 0 aromatic heterocycles. The molecule has 7 heteroatoms. The molecule has 1 heterocycles. The Hall–Kier alpha value is -1.34. The highest BCUT2D eigenvalue weighted by Crippen LogP contribution is 2.33. The van der Waals surface area contributed by atoms with E-state index in [0.29, 0.717) is 5.69 Å². The van der Waals surface area contributed by atoms with Gasteiger partial charge >= 0.3 is 0 Å². The van der Waals surface area contributed by atoms with Crippen molar-refractivity contribution in [2.24, 2.45) is 4.40 Å². The van der Waals surface area contributed by atoms with Crippen LogP contribution in [0.1, 0.15) is 33.3 Å². The van der Waals surface area contributed by atoms with Gasteiger partial charge in [0.05, 0.1) is 11.4 Å². The molecule has 114 valence electrons. The fourth-order valence-electron chi connectivity index (χ4n) is 1.83. The minimum absolute atomic E-state index is 0.0317. The van der Waals surface area contributed by atoms with E-state index in [1.165, 1.54) is 6.92 Å². The first-order valence-electron chi connectivity index (χ1n) is 6.48. The van der Waals surface area contributed by atoms with Gasteiger partial charge in [0.15, 0.2) is 5.17 Å². The van der Waals surface area contributed by atoms with Crippen LogP contribution in [-0.2, 0) is 20.2 Å². The van der Waals surface area contributed by atoms with Gasteiger partial charge in [0.1, 0.15) is 10.7 Å². The Morgan fingerprint density at radius 2 is 2.00 bits per heavy atom. The second-order valence-electron chi connectivity index (χ2n) is 5.95. The summed E-state index contributed by atoms with van der Waals surface area (Å²) in [4.78, 5) is 11.2. The second-order valence-corrected chi connectivity index (χ2v) is 8.48. The molecule has 1 aromatic carbocycles. The molecule has 0 aliphatic carbocycles. The molecular weight excluding hydrogens is 308 g/mol. The summed E-state index contributed by atoms with van der Waals surface area (Å²) in [5, 5.41) is 3.21. The monoisotopic (exact) mass is 326 g/mol. The summed E-state index contributed by atoms with van der Waals surface area (Å²) in [5.41, 5.74) is 1.29. The molecule has 0 saturated heterocycles. The zero-order valence-corrected chi connectivity index (χ0v) is 14.1. The molecule has 0 saturated carbocycles. The van der Waals surface area contributed by atoms with E-state index in [1.807, 2.05) is 26.8 Å². The Morgan fingerprint density at radius 3 is 2.57 bits per heavy atom. The van der Waals surface area contributed by atoms with Crippen molar-refractivity contribution < 1.29 is 13.2 Å². The fraction of sp³-hybridized carbons (Fsp3) is 0.429. The van der Waals surface area contributed by atoms with Gasteiger partial charge in [-0.2, -0.15) is 8.42 Å². The lowest BCUT2D eigenvalue weighted by Crippen LogP contribution is -2.21. The standard InChI is InChI=1S/C14H18N2O3S2/c1-9(17)8-20-13-15-11-6-5-10(14(2,3)4)7-12(11)21(18,19)16-13/h5-7H,8H2,1-4H3,(H,15,16). The Morgan fingerprint density at radius 1 is 1.33 bits per heavy atom. The molecular formula is C14H18N2O3S2. The number of carbonyl (C=O) groups excluding carboxylic acids is 1. The molecule has 0 spiro atoms. The van der Waals surface area contributed by atoms with Crippen LogP contribution in [0.3, 0.4) is 0 Å². The SMILES string of the molecule is CC(=O)CSC1=NS(=O)(=O)c2cc(C(C)(C)C)ccc2N1. The molecule has 5 nitrogen and oxygen atoms in total. The molecule has 1 aliphatic rings. The summed E-state index contributed by atoms with van der Waals surface area (Å²) in [7, 11) is -3.73. The molecule has 1 aliphatic heterocycles. The molecule has 0 unspecified atom stereocenters. The number of benzene rings is 1. The zero-order valence-electron chi connectivity index (χ0n) is 12.4.